The number of nitrogens with one attached hydrogen (secondary N) is 1. The smallest absolute Gasteiger partial charge is 0.222 e. The Balaban J connectivity index is 2.26. The summed E-state index contributed by atoms with van der Waals surface area (Å²) >= 11 is 2.28. The molecule has 0 aliphatic heterocycles. The third kappa shape index (κ3) is 3.73. The highest BCUT2D eigenvalue weighted by Gasteiger charge is 2.15. The minimum Gasteiger partial charge on any atom is -0.439 e. The number of rotatable bonds is 5. The van der Waals surface area contributed by atoms with Gasteiger partial charge in [-0.3, -0.25) is 0 Å². The van der Waals surface area contributed by atoms with Crippen LogP contribution in [0.3, 0.4) is 0 Å². The number of benzene rings is 1. The number of aryl methyl sites for hydroxylation is 2. The van der Waals surface area contributed by atoms with Crippen LogP contribution in [0.15, 0.2) is 24.3 Å². The first-order valence-corrected chi connectivity index (χ1v) is 7.74. The van der Waals surface area contributed by atoms with Gasteiger partial charge in [0, 0.05) is 23.2 Å². The largest absolute Gasteiger partial charge is 0.439 e. The van der Waals surface area contributed by atoms with E-state index < -0.39 is 0 Å². The maximum absolute atomic E-state index is 6.03. The van der Waals surface area contributed by atoms with Gasteiger partial charge in [0.2, 0.25) is 5.88 Å². The molecule has 0 radical (unpaired) electrons. The molecule has 20 heavy (non-hydrogen) atoms. The summed E-state index contributed by atoms with van der Waals surface area (Å²) in [7, 11) is 1.91. The summed E-state index contributed by atoms with van der Waals surface area (Å²) < 4.78 is 8.98. The first kappa shape index (κ1) is 15.3. The second-order valence-corrected chi connectivity index (χ2v) is 6.33. The zero-order valence-electron chi connectivity index (χ0n) is 12.3. The van der Waals surface area contributed by atoms with E-state index in [-0.39, 0.29) is 0 Å². The molecule has 1 aromatic heterocycles. The van der Waals surface area contributed by atoms with Crippen LogP contribution in [0.4, 0.5) is 0 Å². The Bertz CT molecular complexity index is 593. The van der Waals surface area contributed by atoms with Crippen molar-refractivity contribution in [2.75, 3.05) is 0 Å². The van der Waals surface area contributed by atoms with Gasteiger partial charge < -0.3 is 10.1 Å². The third-order valence-electron chi connectivity index (χ3n) is 2.99. The Kier molecular flexibility index (Phi) is 5.04. The Morgan fingerprint density at radius 2 is 2.15 bits per heavy atom. The lowest BCUT2D eigenvalue weighted by atomic mass is 10.2. The Morgan fingerprint density at radius 1 is 1.40 bits per heavy atom. The van der Waals surface area contributed by atoms with Crippen LogP contribution >= 0.6 is 22.6 Å². The van der Waals surface area contributed by atoms with Crippen LogP contribution in [0.25, 0.3) is 0 Å². The molecule has 4 nitrogen and oxygen atoms in total. The summed E-state index contributed by atoms with van der Waals surface area (Å²) in [6.07, 6.45) is 0. The fourth-order valence-electron chi connectivity index (χ4n) is 1.96. The molecule has 0 atom stereocenters. The highest BCUT2D eigenvalue weighted by Crippen LogP contribution is 2.28. The van der Waals surface area contributed by atoms with E-state index in [4.69, 9.17) is 4.74 Å². The molecule has 2 aromatic rings. The molecule has 0 unspecified atom stereocenters. The quantitative estimate of drug-likeness (QED) is 0.800. The Labute approximate surface area is 133 Å². The van der Waals surface area contributed by atoms with Crippen molar-refractivity contribution in [3.05, 3.63) is 39.1 Å². The molecule has 5 heteroatoms. The van der Waals surface area contributed by atoms with Gasteiger partial charge in [-0.15, -0.1) is 0 Å². The topological polar surface area (TPSA) is 39.1 Å². The minimum atomic E-state index is 0.431. The standard InChI is InChI=1S/C15H20IN3O/c1-10(2)17-9-14-11(3)18-19(4)15(14)20-13-7-5-6-12(16)8-13/h5-8,10,17H,9H2,1-4H3. The van der Waals surface area contributed by atoms with Crippen molar-refractivity contribution in [2.24, 2.45) is 7.05 Å². The SMILES string of the molecule is Cc1nn(C)c(Oc2cccc(I)c2)c1CNC(C)C. The number of nitrogens with zero attached hydrogens (tertiary/aromatic N) is 2. The van der Waals surface area contributed by atoms with Gasteiger partial charge in [-0.25, -0.2) is 4.68 Å². The van der Waals surface area contributed by atoms with Gasteiger partial charge in [-0.1, -0.05) is 19.9 Å². The van der Waals surface area contributed by atoms with Crippen LogP contribution in [0.2, 0.25) is 0 Å². The summed E-state index contributed by atoms with van der Waals surface area (Å²) in [6.45, 7) is 7.03. The average molecular weight is 385 g/mol. The van der Waals surface area contributed by atoms with E-state index >= 15 is 0 Å². The van der Waals surface area contributed by atoms with Crippen LogP contribution in [-0.2, 0) is 13.6 Å². The Morgan fingerprint density at radius 3 is 2.80 bits per heavy atom. The van der Waals surface area contributed by atoms with E-state index in [0.29, 0.717) is 6.04 Å². The lowest BCUT2D eigenvalue weighted by Crippen LogP contribution is -2.22. The lowest BCUT2D eigenvalue weighted by molar-refractivity contribution is 0.422. The van der Waals surface area contributed by atoms with Gasteiger partial charge in [-0.05, 0) is 47.7 Å². The van der Waals surface area contributed by atoms with Crippen molar-refractivity contribution >= 4 is 22.6 Å². The van der Waals surface area contributed by atoms with Gasteiger partial charge in [0.25, 0.3) is 0 Å². The highest BCUT2D eigenvalue weighted by molar-refractivity contribution is 14.1. The molecule has 0 spiro atoms. The molecule has 0 saturated carbocycles. The molecule has 1 heterocycles. The van der Waals surface area contributed by atoms with Crippen molar-refractivity contribution < 1.29 is 4.74 Å². The fourth-order valence-corrected chi connectivity index (χ4v) is 2.47. The summed E-state index contributed by atoms with van der Waals surface area (Å²) in [5.41, 5.74) is 2.11. The number of halogens is 1. The number of ether oxygens (including phenoxy) is 1. The van der Waals surface area contributed by atoms with Crippen LogP contribution in [0, 0.1) is 10.5 Å². The average Bonchev–Trinajstić information content (AvgIpc) is 2.62. The van der Waals surface area contributed by atoms with E-state index in [1.807, 2.05) is 38.2 Å². The van der Waals surface area contributed by atoms with Crippen molar-refractivity contribution in [2.45, 2.75) is 33.4 Å². The number of aromatic nitrogens is 2. The summed E-state index contributed by atoms with van der Waals surface area (Å²) in [5, 5.41) is 7.88. The zero-order valence-corrected chi connectivity index (χ0v) is 14.4. The monoisotopic (exact) mass is 385 g/mol. The zero-order chi connectivity index (χ0) is 14.7. The molecular weight excluding hydrogens is 365 g/mol. The predicted octanol–water partition coefficient (Wildman–Crippen LogP) is 3.62. The van der Waals surface area contributed by atoms with Gasteiger partial charge in [0.15, 0.2) is 0 Å². The van der Waals surface area contributed by atoms with Crippen LogP contribution in [-0.4, -0.2) is 15.8 Å². The van der Waals surface area contributed by atoms with Crippen molar-refractivity contribution in [1.29, 1.82) is 0 Å². The number of hydrogen-bond acceptors (Lipinski definition) is 3. The normalized spacial score (nSPS) is 11.1. The van der Waals surface area contributed by atoms with Crippen molar-refractivity contribution in [3.63, 3.8) is 0 Å². The first-order valence-electron chi connectivity index (χ1n) is 6.66. The van der Waals surface area contributed by atoms with Crippen molar-refractivity contribution in [1.82, 2.24) is 15.1 Å². The van der Waals surface area contributed by atoms with Crippen molar-refractivity contribution in [3.8, 4) is 11.6 Å². The lowest BCUT2D eigenvalue weighted by Gasteiger charge is -2.11. The minimum absolute atomic E-state index is 0.431. The first-order chi connectivity index (χ1) is 9.47. The van der Waals surface area contributed by atoms with Crippen LogP contribution in [0.1, 0.15) is 25.1 Å². The van der Waals surface area contributed by atoms with Gasteiger partial charge in [0.1, 0.15) is 5.75 Å². The molecule has 0 fully saturated rings. The molecule has 0 aliphatic carbocycles. The van der Waals surface area contributed by atoms with E-state index in [1.54, 1.807) is 4.68 Å². The molecule has 1 N–H and O–H groups in total. The summed E-state index contributed by atoms with van der Waals surface area (Å²) in [6, 6.07) is 8.45. The van der Waals surface area contributed by atoms with E-state index in [9.17, 15) is 0 Å². The third-order valence-corrected chi connectivity index (χ3v) is 3.66. The molecule has 1 aromatic carbocycles. The summed E-state index contributed by atoms with van der Waals surface area (Å²) in [5.74, 6) is 1.64. The van der Waals surface area contributed by atoms with Gasteiger partial charge in [-0.2, -0.15) is 5.10 Å². The molecule has 0 saturated heterocycles. The molecule has 108 valence electrons. The Hall–Kier alpha value is -1.08. The van der Waals surface area contributed by atoms with Crippen LogP contribution < -0.4 is 10.1 Å². The van der Waals surface area contributed by atoms with E-state index in [1.165, 1.54) is 0 Å². The highest BCUT2D eigenvalue weighted by atomic mass is 127. The second-order valence-electron chi connectivity index (χ2n) is 5.09. The maximum Gasteiger partial charge on any atom is 0.222 e. The maximum atomic E-state index is 6.03. The molecule has 0 amide bonds. The van der Waals surface area contributed by atoms with E-state index in [2.05, 4.69) is 46.9 Å². The molecule has 0 aliphatic rings. The van der Waals surface area contributed by atoms with Crippen LogP contribution in [0.5, 0.6) is 11.6 Å². The van der Waals surface area contributed by atoms with Gasteiger partial charge in [0.05, 0.1) is 11.3 Å². The van der Waals surface area contributed by atoms with Gasteiger partial charge >= 0.3 is 0 Å². The van der Waals surface area contributed by atoms with E-state index in [0.717, 1.165) is 33.0 Å². The second kappa shape index (κ2) is 6.58. The predicted molar refractivity (Wildman–Crippen MR) is 89.2 cm³/mol. The fraction of sp³-hybridized carbons (Fsp3) is 0.400. The molecule has 0 bridgehead atoms. The summed E-state index contributed by atoms with van der Waals surface area (Å²) in [4.78, 5) is 0. The molecule has 2 rings (SSSR count). The number of hydrogen-bond donors (Lipinski definition) is 1. The molecular formula is C15H20IN3O.